The number of carbonyl (C=O) groups excluding carboxylic acids is 1. The number of para-hydroxylation sites is 3. The number of imidazole rings is 1. The number of benzene rings is 2. The zero-order valence-corrected chi connectivity index (χ0v) is 14.3. The van der Waals surface area contributed by atoms with Crippen LogP contribution in [-0.4, -0.2) is 15.3 Å². The van der Waals surface area contributed by atoms with Gasteiger partial charge in [-0.2, -0.15) is 0 Å². The van der Waals surface area contributed by atoms with E-state index in [9.17, 15) is 4.79 Å². The van der Waals surface area contributed by atoms with Crippen molar-refractivity contribution in [2.75, 3.05) is 5.32 Å². The number of nitrogens with one attached hydrogen (secondary N) is 1. The summed E-state index contributed by atoms with van der Waals surface area (Å²) < 4.78 is 7.73. The van der Waals surface area contributed by atoms with Gasteiger partial charge in [-0.1, -0.05) is 30.3 Å². The Balaban J connectivity index is 1.57. The molecule has 0 atom stereocenters. The van der Waals surface area contributed by atoms with E-state index < -0.39 is 0 Å². The van der Waals surface area contributed by atoms with Gasteiger partial charge in [0.1, 0.15) is 11.4 Å². The minimum absolute atomic E-state index is 0.266. The van der Waals surface area contributed by atoms with E-state index in [-0.39, 0.29) is 5.91 Å². The molecule has 0 fully saturated rings. The summed E-state index contributed by atoms with van der Waals surface area (Å²) in [6.07, 6.45) is 3.69. The van der Waals surface area contributed by atoms with Crippen LogP contribution in [0.15, 0.2) is 67.0 Å². The Morgan fingerprint density at radius 2 is 1.84 bits per heavy atom. The lowest BCUT2D eigenvalue weighted by atomic mass is 10.2. The van der Waals surface area contributed by atoms with Gasteiger partial charge in [-0.3, -0.25) is 9.20 Å². The van der Waals surface area contributed by atoms with Crippen molar-refractivity contribution in [2.45, 2.75) is 6.92 Å². The molecule has 0 aliphatic rings. The molecule has 0 spiro atoms. The molecule has 0 saturated carbocycles. The molecule has 2 aromatic heterocycles. The molecule has 0 saturated heterocycles. The van der Waals surface area contributed by atoms with Gasteiger partial charge in [-0.25, -0.2) is 4.98 Å². The van der Waals surface area contributed by atoms with Gasteiger partial charge in [-0.05, 0) is 31.2 Å². The first-order chi connectivity index (χ1) is 12.2. The minimum atomic E-state index is -0.266. The molecule has 2 aromatic carbocycles. The highest BCUT2D eigenvalue weighted by Crippen LogP contribution is 2.29. The number of amides is 1. The van der Waals surface area contributed by atoms with Crippen molar-refractivity contribution >= 4 is 27.9 Å². The molecule has 5 nitrogen and oxygen atoms in total. The fourth-order valence-corrected chi connectivity index (χ4v) is 3.29. The van der Waals surface area contributed by atoms with Crippen LogP contribution in [-0.2, 0) is 0 Å². The number of hydrogen-bond acceptors (Lipinski definition) is 4. The predicted molar refractivity (Wildman–Crippen MR) is 98.7 cm³/mol. The molecule has 0 unspecified atom stereocenters. The third-order valence-electron chi connectivity index (χ3n) is 3.61. The monoisotopic (exact) mass is 349 g/mol. The van der Waals surface area contributed by atoms with Gasteiger partial charge in [0, 0.05) is 17.3 Å². The van der Waals surface area contributed by atoms with Crippen molar-refractivity contribution in [3.63, 3.8) is 0 Å². The molecule has 1 N–H and O–H groups in total. The lowest BCUT2D eigenvalue weighted by Gasteiger charge is -2.11. The Bertz CT molecular complexity index is 1010. The first-order valence-corrected chi connectivity index (χ1v) is 8.59. The minimum Gasteiger partial charge on any atom is -0.455 e. The number of anilines is 1. The molecule has 0 bridgehead atoms. The second-order valence-electron chi connectivity index (χ2n) is 5.52. The number of fused-ring (bicyclic) bond motifs is 1. The van der Waals surface area contributed by atoms with Crippen LogP contribution in [0.3, 0.4) is 0 Å². The van der Waals surface area contributed by atoms with Crippen LogP contribution < -0.4 is 10.1 Å². The molecule has 4 aromatic rings. The van der Waals surface area contributed by atoms with E-state index in [1.165, 1.54) is 0 Å². The summed E-state index contributed by atoms with van der Waals surface area (Å²) in [5.74, 6) is 1.03. The summed E-state index contributed by atoms with van der Waals surface area (Å²) in [6, 6.07) is 16.8. The fraction of sp³-hybridized carbons (Fsp3) is 0.0526. The van der Waals surface area contributed by atoms with Gasteiger partial charge in [0.15, 0.2) is 10.7 Å². The molecule has 124 valence electrons. The van der Waals surface area contributed by atoms with Gasteiger partial charge in [0.2, 0.25) is 0 Å². The van der Waals surface area contributed by atoms with Crippen molar-refractivity contribution in [1.29, 1.82) is 0 Å². The topological polar surface area (TPSA) is 55.6 Å². The van der Waals surface area contributed by atoms with Gasteiger partial charge in [0.05, 0.1) is 5.69 Å². The average Bonchev–Trinajstić information content (AvgIpc) is 3.15. The second kappa shape index (κ2) is 6.41. The summed E-state index contributed by atoms with van der Waals surface area (Å²) >= 11 is 1.55. The Morgan fingerprint density at radius 3 is 2.64 bits per heavy atom. The SMILES string of the molecule is Cc1cn2cc(C(=O)Nc3ccccc3Oc3ccccc3)nc2s1. The van der Waals surface area contributed by atoms with E-state index in [0.717, 1.165) is 9.84 Å². The van der Waals surface area contributed by atoms with E-state index in [2.05, 4.69) is 10.3 Å². The van der Waals surface area contributed by atoms with Gasteiger partial charge in [0.25, 0.3) is 5.91 Å². The van der Waals surface area contributed by atoms with Crippen molar-refractivity contribution in [3.05, 3.63) is 77.6 Å². The first-order valence-electron chi connectivity index (χ1n) is 7.77. The maximum Gasteiger partial charge on any atom is 0.276 e. The van der Waals surface area contributed by atoms with Crippen LogP contribution in [0, 0.1) is 6.92 Å². The molecule has 4 rings (SSSR count). The molecular formula is C19H15N3O2S. The number of thiazole rings is 1. The van der Waals surface area contributed by atoms with Crippen molar-refractivity contribution in [2.24, 2.45) is 0 Å². The van der Waals surface area contributed by atoms with Crippen LogP contribution in [0.5, 0.6) is 11.5 Å². The van der Waals surface area contributed by atoms with Crippen molar-refractivity contribution in [1.82, 2.24) is 9.38 Å². The molecule has 25 heavy (non-hydrogen) atoms. The Morgan fingerprint density at radius 1 is 1.08 bits per heavy atom. The lowest BCUT2D eigenvalue weighted by molar-refractivity contribution is 0.102. The zero-order chi connectivity index (χ0) is 17.2. The largest absolute Gasteiger partial charge is 0.455 e. The molecule has 0 aliphatic heterocycles. The normalized spacial score (nSPS) is 10.8. The van der Waals surface area contributed by atoms with E-state index in [1.54, 1.807) is 23.6 Å². The molecule has 0 radical (unpaired) electrons. The number of ether oxygens (including phenoxy) is 1. The second-order valence-corrected chi connectivity index (χ2v) is 6.74. The first kappa shape index (κ1) is 15.4. The van der Waals surface area contributed by atoms with Crippen LogP contribution in [0.2, 0.25) is 0 Å². The highest BCUT2D eigenvalue weighted by molar-refractivity contribution is 7.17. The Hall–Kier alpha value is -3.12. The number of hydrogen-bond donors (Lipinski definition) is 1. The third kappa shape index (κ3) is 3.25. The summed E-state index contributed by atoms with van der Waals surface area (Å²) in [5.41, 5.74) is 0.977. The quantitative estimate of drug-likeness (QED) is 0.578. The maximum absolute atomic E-state index is 12.5. The fourth-order valence-electron chi connectivity index (χ4n) is 2.48. The maximum atomic E-state index is 12.5. The Kier molecular flexibility index (Phi) is 3.95. The van der Waals surface area contributed by atoms with Crippen LogP contribution >= 0.6 is 11.3 Å². The van der Waals surface area contributed by atoms with E-state index in [0.29, 0.717) is 22.9 Å². The molecule has 1 amide bonds. The van der Waals surface area contributed by atoms with Crippen LogP contribution in [0.1, 0.15) is 15.4 Å². The summed E-state index contributed by atoms with van der Waals surface area (Å²) in [6.45, 7) is 2.01. The standard InChI is InChI=1S/C19H15N3O2S/c1-13-11-22-12-16(21-19(22)25-13)18(23)20-15-9-5-6-10-17(15)24-14-7-3-2-4-8-14/h2-12H,1H3,(H,20,23). The number of rotatable bonds is 4. The molecule has 2 heterocycles. The number of carbonyl (C=O) groups is 1. The lowest BCUT2D eigenvalue weighted by Crippen LogP contribution is -2.12. The van der Waals surface area contributed by atoms with Crippen LogP contribution in [0.25, 0.3) is 4.96 Å². The number of aromatic nitrogens is 2. The average molecular weight is 349 g/mol. The van der Waals surface area contributed by atoms with Gasteiger partial charge in [-0.15, -0.1) is 11.3 Å². The van der Waals surface area contributed by atoms with Crippen LogP contribution in [0.4, 0.5) is 5.69 Å². The molecule has 6 heteroatoms. The van der Waals surface area contributed by atoms with Crippen molar-refractivity contribution < 1.29 is 9.53 Å². The van der Waals surface area contributed by atoms with E-state index in [4.69, 9.17) is 4.74 Å². The van der Waals surface area contributed by atoms with E-state index >= 15 is 0 Å². The third-order valence-corrected chi connectivity index (χ3v) is 4.52. The highest BCUT2D eigenvalue weighted by Gasteiger charge is 2.14. The Labute approximate surface area is 148 Å². The molecule has 0 aliphatic carbocycles. The zero-order valence-electron chi connectivity index (χ0n) is 13.5. The summed E-state index contributed by atoms with van der Waals surface area (Å²) in [4.78, 5) is 18.9. The number of aryl methyl sites for hydroxylation is 1. The number of nitrogens with zero attached hydrogens (tertiary/aromatic N) is 2. The smallest absolute Gasteiger partial charge is 0.276 e. The van der Waals surface area contributed by atoms with E-state index in [1.807, 2.05) is 66.1 Å². The van der Waals surface area contributed by atoms with Crippen molar-refractivity contribution in [3.8, 4) is 11.5 Å². The van der Waals surface area contributed by atoms with Gasteiger partial charge >= 0.3 is 0 Å². The summed E-state index contributed by atoms with van der Waals surface area (Å²) in [7, 11) is 0. The summed E-state index contributed by atoms with van der Waals surface area (Å²) in [5, 5.41) is 2.88. The highest BCUT2D eigenvalue weighted by atomic mass is 32.1. The van der Waals surface area contributed by atoms with Gasteiger partial charge < -0.3 is 10.1 Å². The molecular weight excluding hydrogens is 334 g/mol. The predicted octanol–water partition coefficient (Wildman–Crippen LogP) is 4.75.